The van der Waals surface area contributed by atoms with E-state index in [1.807, 2.05) is 13.0 Å². The molecule has 1 aromatic rings. The highest BCUT2D eigenvalue weighted by atomic mass is 16.2. The molecule has 2 N–H and O–H groups in total. The number of terminal acetylenes is 1. The van der Waals surface area contributed by atoms with Crippen LogP contribution in [0.3, 0.4) is 0 Å². The first-order valence-electron chi connectivity index (χ1n) is 8.98. The van der Waals surface area contributed by atoms with Crippen LogP contribution in [0.5, 0.6) is 0 Å². The zero-order chi connectivity index (χ0) is 17.8. The van der Waals surface area contributed by atoms with E-state index in [2.05, 4.69) is 21.5 Å². The molecule has 0 aromatic heterocycles. The number of anilines is 1. The molecule has 1 aliphatic heterocycles. The van der Waals surface area contributed by atoms with Gasteiger partial charge in [0.15, 0.2) is 0 Å². The standard InChI is InChI=1S/C20H25N3O2/c1-3-11-23-12-5-4-6-18(23)20(25)22-17-13-15(8-7-14(17)2)19(24)21-16-9-10-16/h1,7-8,13,16,18H,4-6,9-12H2,2H3,(H,21,24)(H,22,25). The Balaban J connectivity index is 1.71. The van der Waals surface area contributed by atoms with E-state index in [-0.39, 0.29) is 17.9 Å². The van der Waals surface area contributed by atoms with Crippen molar-refractivity contribution in [3.05, 3.63) is 29.3 Å². The highest BCUT2D eigenvalue weighted by molar-refractivity contribution is 5.99. The molecular formula is C20H25N3O2. The number of likely N-dealkylation sites (tertiary alicyclic amines) is 1. The maximum Gasteiger partial charge on any atom is 0.251 e. The predicted molar refractivity (Wildman–Crippen MR) is 98.3 cm³/mol. The molecule has 3 rings (SSSR count). The Hall–Kier alpha value is -2.32. The van der Waals surface area contributed by atoms with Gasteiger partial charge in [-0.2, -0.15) is 0 Å². The predicted octanol–water partition coefficient (Wildman–Crippen LogP) is 2.31. The zero-order valence-corrected chi connectivity index (χ0v) is 14.7. The third kappa shape index (κ3) is 4.40. The summed E-state index contributed by atoms with van der Waals surface area (Å²) in [7, 11) is 0. The average molecular weight is 339 g/mol. The Labute approximate surface area is 149 Å². The first-order chi connectivity index (χ1) is 12.1. The van der Waals surface area contributed by atoms with Gasteiger partial charge in [-0.3, -0.25) is 14.5 Å². The van der Waals surface area contributed by atoms with Gasteiger partial charge in [0, 0.05) is 17.3 Å². The fraction of sp³-hybridized carbons (Fsp3) is 0.500. The van der Waals surface area contributed by atoms with Crippen molar-refractivity contribution < 1.29 is 9.59 Å². The Kier molecular flexibility index (Phi) is 5.40. The highest BCUT2D eigenvalue weighted by Crippen LogP contribution is 2.23. The summed E-state index contributed by atoms with van der Waals surface area (Å²) in [6.45, 7) is 3.27. The Morgan fingerprint density at radius 3 is 2.80 bits per heavy atom. The molecular weight excluding hydrogens is 314 g/mol. The number of aryl methyl sites for hydroxylation is 1. The van der Waals surface area contributed by atoms with Crippen molar-refractivity contribution in [1.82, 2.24) is 10.2 Å². The number of rotatable bonds is 5. The van der Waals surface area contributed by atoms with Crippen molar-refractivity contribution >= 4 is 17.5 Å². The zero-order valence-electron chi connectivity index (χ0n) is 14.7. The molecule has 0 radical (unpaired) electrons. The molecule has 2 amide bonds. The van der Waals surface area contributed by atoms with Crippen molar-refractivity contribution in [2.24, 2.45) is 0 Å². The number of piperidine rings is 1. The van der Waals surface area contributed by atoms with Crippen LogP contribution in [0.4, 0.5) is 5.69 Å². The highest BCUT2D eigenvalue weighted by Gasteiger charge is 2.28. The van der Waals surface area contributed by atoms with Crippen molar-refractivity contribution in [2.75, 3.05) is 18.4 Å². The number of hydrogen-bond donors (Lipinski definition) is 2. The monoisotopic (exact) mass is 339 g/mol. The topological polar surface area (TPSA) is 61.4 Å². The van der Waals surface area contributed by atoms with Crippen LogP contribution in [0.25, 0.3) is 0 Å². The number of carbonyl (C=O) groups excluding carboxylic acids is 2. The summed E-state index contributed by atoms with van der Waals surface area (Å²) in [4.78, 5) is 27.0. The molecule has 5 heteroatoms. The molecule has 1 heterocycles. The summed E-state index contributed by atoms with van der Waals surface area (Å²) in [5.41, 5.74) is 2.22. The average Bonchev–Trinajstić information content (AvgIpc) is 3.41. The van der Waals surface area contributed by atoms with E-state index in [0.29, 0.717) is 23.8 Å². The minimum absolute atomic E-state index is 0.0437. The number of hydrogen-bond acceptors (Lipinski definition) is 3. The van der Waals surface area contributed by atoms with Crippen LogP contribution in [0, 0.1) is 19.3 Å². The van der Waals surface area contributed by atoms with Gasteiger partial charge < -0.3 is 10.6 Å². The second-order valence-corrected chi connectivity index (χ2v) is 6.95. The lowest BCUT2D eigenvalue weighted by atomic mass is 10.0. The van der Waals surface area contributed by atoms with Gasteiger partial charge in [-0.05, 0) is 56.8 Å². The third-order valence-electron chi connectivity index (χ3n) is 4.88. The second-order valence-electron chi connectivity index (χ2n) is 6.95. The molecule has 0 spiro atoms. The molecule has 132 valence electrons. The molecule has 1 saturated heterocycles. The van der Waals surface area contributed by atoms with E-state index in [0.717, 1.165) is 44.2 Å². The largest absolute Gasteiger partial charge is 0.349 e. The van der Waals surface area contributed by atoms with E-state index >= 15 is 0 Å². The molecule has 1 aromatic carbocycles. The van der Waals surface area contributed by atoms with E-state index in [4.69, 9.17) is 6.42 Å². The first kappa shape index (κ1) is 17.5. The Bertz CT molecular complexity index is 703. The fourth-order valence-electron chi connectivity index (χ4n) is 3.20. The normalized spacial score (nSPS) is 20.6. The van der Waals surface area contributed by atoms with Gasteiger partial charge in [0.05, 0.1) is 12.6 Å². The van der Waals surface area contributed by atoms with Crippen LogP contribution < -0.4 is 10.6 Å². The Morgan fingerprint density at radius 2 is 2.08 bits per heavy atom. The lowest BCUT2D eigenvalue weighted by molar-refractivity contribution is -0.122. The van der Waals surface area contributed by atoms with Crippen LogP contribution in [0.2, 0.25) is 0 Å². The van der Waals surface area contributed by atoms with Gasteiger partial charge in [0.2, 0.25) is 5.91 Å². The fourth-order valence-corrected chi connectivity index (χ4v) is 3.20. The van der Waals surface area contributed by atoms with Crippen LogP contribution in [0.1, 0.15) is 48.0 Å². The van der Waals surface area contributed by atoms with Gasteiger partial charge >= 0.3 is 0 Å². The van der Waals surface area contributed by atoms with Crippen molar-refractivity contribution in [3.8, 4) is 12.3 Å². The van der Waals surface area contributed by atoms with Crippen LogP contribution in [0.15, 0.2) is 18.2 Å². The summed E-state index contributed by atoms with van der Waals surface area (Å²) >= 11 is 0. The van der Waals surface area contributed by atoms with E-state index in [1.54, 1.807) is 12.1 Å². The number of amides is 2. The van der Waals surface area contributed by atoms with Gasteiger partial charge in [-0.15, -0.1) is 6.42 Å². The number of carbonyl (C=O) groups is 2. The van der Waals surface area contributed by atoms with Crippen LogP contribution in [-0.4, -0.2) is 41.9 Å². The van der Waals surface area contributed by atoms with E-state index in [9.17, 15) is 9.59 Å². The molecule has 1 saturated carbocycles. The summed E-state index contributed by atoms with van der Waals surface area (Å²) < 4.78 is 0. The summed E-state index contributed by atoms with van der Waals surface area (Å²) in [6, 6.07) is 5.55. The minimum Gasteiger partial charge on any atom is -0.349 e. The molecule has 1 aliphatic carbocycles. The van der Waals surface area contributed by atoms with Gasteiger partial charge in [-0.1, -0.05) is 18.4 Å². The molecule has 1 unspecified atom stereocenters. The summed E-state index contributed by atoms with van der Waals surface area (Å²) in [5, 5.41) is 5.98. The lowest BCUT2D eigenvalue weighted by Gasteiger charge is -2.33. The molecule has 1 atom stereocenters. The van der Waals surface area contributed by atoms with E-state index < -0.39 is 0 Å². The van der Waals surface area contributed by atoms with Crippen molar-refractivity contribution in [2.45, 2.75) is 51.1 Å². The molecule has 0 bridgehead atoms. The molecule has 2 fully saturated rings. The van der Waals surface area contributed by atoms with Gasteiger partial charge in [0.1, 0.15) is 0 Å². The second kappa shape index (κ2) is 7.71. The summed E-state index contributed by atoms with van der Waals surface area (Å²) in [5.74, 6) is 2.52. The molecule has 5 nitrogen and oxygen atoms in total. The third-order valence-corrected chi connectivity index (χ3v) is 4.88. The first-order valence-corrected chi connectivity index (χ1v) is 8.98. The van der Waals surface area contributed by atoms with Gasteiger partial charge in [-0.25, -0.2) is 0 Å². The van der Waals surface area contributed by atoms with E-state index in [1.165, 1.54) is 0 Å². The smallest absolute Gasteiger partial charge is 0.251 e. The molecule has 2 aliphatic rings. The lowest BCUT2D eigenvalue weighted by Crippen LogP contribution is -2.47. The Morgan fingerprint density at radius 1 is 1.28 bits per heavy atom. The van der Waals surface area contributed by atoms with Crippen molar-refractivity contribution in [3.63, 3.8) is 0 Å². The van der Waals surface area contributed by atoms with Crippen LogP contribution >= 0.6 is 0 Å². The maximum atomic E-state index is 12.8. The number of benzene rings is 1. The summed E-state index contributed by atoms with van der Waals surface area (Å²) in [6.07, 6.45) is 10.4. The van der Waals surface area contributed by atoms with Crippen molar-refractivity contribution in [1.29, 1.82) is 0 Å². The quantitative estimate of drug-likeness (QED) is 0.809. The number of nitrogens with one attached hydrogen (secondary N) is 2. The van der Waals surface area contributed by atoms with Crippen LogP contribution in [-0.2, 0) is 4.79 Å². The maximum absolute atomic E-state index is 12.8. The number of nitrogens with zero attached hydrogens (tertiary/aromatic N) is 1. The van der Waals surface area contributed by atoms with Gasteiger partial charge in [0.25, 0.3) is 5.91 Å². The molecule has 25 heavy (non-hydrogen) atoms. The SMILES string of the molecule is C#CCN1CCCCC1C(=O)Nc1cc(C(=O)NC2CC2)ccc1C. The minimum atomic E-state index is -0.201.